The van der Waals surface area contributed by atoms with E-state index in [1.165, 1.54) is 0 Å². The first-order valence-corrected chi connectivity index (χ1v) is 15.9. The summed E-state index contributed by atoms with van der Waals surface area (Å²) in [4.78, 5) is 50.7. The predicted molar refractivity (Wildman–Crippen MR) is 148 cm³/mol. The molecule has 236 valence electrons. The number of carbonyl (C=O) groups excluding carboxylic acids is 4. The summed E-state index contributed by atoms with van der Waals surface area (Å²) < 4.78 is 73.7. The summed E-state index contributed by atoms with van der Waals surface area (Å²) in [6.07, 6.45) is 1.18. The second kappa shape index (κ2) is 20.1. The first-order chi connectivity index (χ1) is 19.3. The minimum atomic E-state index is -4.06. The zero-order chi connectivity index (χ0) is 31.5. The molecule has 0 saturated carbocycles. The molecule has 0 aliphatic carbocycles. The lowest BCUT2D eigenvalue weighted by atomic mass is 9.92. The van der Waals surface area contributed by atoms with E-state index in [2.05, 4.69) is 13.2 Å². The Kier molecular flexibility index (Phi) is 18.7. The van der Waals surface area contributed by atoms with Gasteiger partial charge < -0.3 is 28.6 Å². The first-order valence-electron chi connectivity index (χ1n) is 12.8. The molecule has 0 fully saturated rings. The first kappa shape index (κ1) is 38.2. The predicted octanol–water partition coefficient (Wildman–Crippen LogP) is -0.319. The summed E-state index contributed by atoms with van der Waals surface area (Å²) in [5, 5.41) is -1.70. The Morgan fingerprint density at radius 3 is 1.85 bits per heavy atom. The molecule has 0 aliphatic heterocycles. The van der Waals surface area contributed by atoms with Crippen LogP contribution >= 0.6 is 0 Å². The summed E-state index contributed by atoms with van der Waals surface area (Å²) in [5.41, 5.74) is -1.70. The van der Waals surface area contributed by atoms with Gasteiger partial charge in [-0.25, -0.2) is 26.4 Å². The number of nitrogens with zero attached hydrogens (tertiary/aromatic N) is 1. The summed E-state index contributed by atoms with van der Waals surface area (Å²) in [7, 11) is -6.92. The van der Waals surface area contributed by atoms with Gasteiger partial charge in [-0.15, -0.1) is 0 Å². The van der Waals surface area contributed by atoms with Gasteiger partial charge in [0.25, 0.3) is 0 Å². The van der Waals surface area contributed by atoms with E-state index in [0.717, 1.165) is 12.2 Å². The normalized spacial score (nSPS) is 12.4. The van der Waals surface area contributed by atoms with Crippen LogP contribution in [-0.4, -0.2) is 122 Å². The van der Waals surface area contributed by atoms with Crippen molar-refractivity contribution in [1.29, 1.82) is 0 Å². The van der Waals surface area contributed by atoms with Crippen LogP contribution in [0.1, 0.15) is 27.2 Å². The molecular weight excluding hydrogens is 586 g/mol. The van der Waals surface area contributed by atoms with Crippen molar-refractivity contribution in [2.45, 2.75) is 32.4 Å². The SMILES string of the molecule is C=CC(=O)OCC(COC(=O)C=C)(COC(=O)CC[SH](=O)=O)COC(=O)C(COCC)S(=O)(=O)CCN(CC)CC. The highest BCUT2D eigenvalue weighted by Gasteiger charge is 2.40. The van der Waals surface area contributed by atoms with E-state index in [9.17, 15) is 36.0 Å². The van der Waals surface area contributed by atoms with E-state index in [1.54, 1.807) is 6.92 Å². The fourth-order valence-electron chi connectivity index (χ4n) is 3.10. The molecule has 0 heterocycles. The van der Waals surface area contributed by atoms with E-state index >= 15 is 0 Å². The van der Waals surface area contributed by atoms with Gasteiger partial charge in [0, 0.05) is 25.3 Å². The molecule has 1 atom stereocenters. The summed E-state index contributed by atoms with van der Waals surface area (Å²) in [5.74, 6) is -4.77. The highest BCUT2D eigenvalue weighted by Crippen LogP contribution is 2.23. The van der Waals surface area contributed by atoms with Crippen LogP contribution in [0.25, 0.3) is 0 Å². The van der Waals surface area contributed by atoms with Crippen molar-refractivity contribution in [3.05, 3.63) is 25.3 Å². The molecule has 0 amide bonds. The molecule has 0 N–H and O–H groups in total. The van der Waals surface area contributed by atoms with Gasteiger partial charge in [0.1, 0.15) is 42.5 Å². The van der Waals surface area contributed by atoms with Crippen LogP contribution in [-0.2, 0) is 63.4 Å². The number of thiol groups is 1. The largest absolute Gasteiger partial charge is 0.465 e. The molecule has 0 aromatic heterocycles. The smallest absolute Gasteiger partial charge is 0.330 e. The highest BCUT2D eigenvalue weighted by molar-refractivity contribution is 7.92. The maximum Gasteiger partial charge on any atom is 0.330 e. The second-order valence-electron chi connectivity index (χ2n) is 8.74. The Morgan fingerprint density at radius 1 is 0.878 bits per heavy atom. The molecule has 0 spiro atoms. The lowest BCUT2D eigenvalue weighted by molar-refractivity contribution is -0.167. The van der Waals surface area contributed by atoms with Crippen molar-refractivity contribution in [3.8, 4) is 0 Å². The van der Waals surface area contributed by atoms with Gasteiger partial charge in [-0.1, -0.05) is 27.0 Å². The van der Waals surface area contributed by atoms with E-state index < -0.39 is 100 Å². The molecule has 0 rings (SSSR count). The van der Waals surface area contributed by atoms with Crippen LogP contribution in [0.5, 0.6) is 0 Å². The van der Waals surface area contributed by atoms with E-state index in [1.807, 2.05) is 18.7 Å². The number of hydrogen-bond donors (Lipinski definition) is 1. The van der Waals surface area contributed by atoms with Gasteiger partial charge in [-0.05, 0) is 20.0 Å². The summed E-state index contributed by atoms with van der Waals surface area (Å²) in [6.45, 7) is 10.3. The van der Waals surface area contributed by atoms with Gasteiger partial charge >= 0.3 is 23.9 Å². The number of carbonyl (C=O) groups is 4. The topological polar surface area (TPSA) is 186 Å². The van der Waals surface area contributed by atoms with Crippen molar-refractivity contribution in [2.75, 3.05) is 70.8 Å². The average Bonchev–Trinajstić information content (AvgIpc) is 2.95. The standard InChI is InChI=1S/C25H41NO13S2/c1-6-21(27)36-16-25(17-37-22(28)7-2,18-38-23(29)11-13-40(31)32)19-39-24(30)20(15-35-10-5)41(33,34)14-12-26(8-3)9-4/h6-7,20,40H,1-2,8-19H2,3-5H3. The molecule has 0 saturated heterocycles. The molecule has 0 aromatic rings. The van der Waals surface area contributed by atoms with Crippen molar-refractivity contribution < 1.29 is 59.7 Å². The highest BCUT2D eigenvalue weighted by atomic mass is 32.2. The Hall–Kier alpha value is -2.82. The Bertz CT molecular complexity index is 1030. The molecule has 14 nitrogen and oxygen atoms in total. The van der Waals surface area contributed by atoms with Crippen molar-refractivity contribution in [2.24, 2.45) is 5.41 Å². The van der Waals surface area contributed by atoms with E-state index in [4.69, 9.17) is 23.7 Å². The fourth-order valence-corrected chi connectivity index (χ4v) is 4.93. The number of ether oxygens (including phenoxy) is 5. The third-order valence-electron chi connectivity index (χ3n) is 5.69. The molecule has 1 unspecified atom stereocenters. The lowest BCUT2D eigenvalue weighted by Crippen LogP contribution is -2.46. The van der Waals surface area contributed by atoms with Gasteiger partial charge in [-0.2, -0.15) is 0 Å². The van der Waals surface area contributed by atoms with Gasteiger partial charge in [0.2, 0.25) is 0 Å². The summed E-state index contributed by atoms with van der Waals surface area (Å²) >= 11 is 0. The van der Waals surface area contributed by atoms with Gasteiger partial charge in [0.15, 0.2) is 15.1 Å². The third kappa shape index (κ3) is 15.7. The van der Waals surface area contributed by atoms with Crippen molar-refractivity contribution in [1.82, 2.24) is 4.90 Å². The zero-order valence-electron chi connectivity index (χ0n) is 23.7. The monoisotopic (exact) mass is 627 g/mol. The van der Waals surface area contributed by atoms with Crippen LogP contribution in [0.2, 0.25) is 0 Å². The minimum absolute atomic E-state index is 0.124. The van der Waals surface area contributed by atoms with Gasteiger partial charge in [0.05, 0.1) is 24.5 Å². The van der Waals surface area contributed by atoms with E-state index in [0.29, 0.717) is 13.1 Å². The Morgan fingerprint density at radius 2 is 1.39 bits per heavy atom. The van der Waals surface area contributed by atoms with Crippen molar-refractivity contribution >= 4 is 44.4 Å². The average molecular weight is 628 g/mol. The van der Waals surface area contributed by atoms with E-state index in [-0.39, 0.29) is 18.9 Å². The zero-order valence-corrected chi connectivity index (χ0v) is 25.5. The maximum absolute atomic E-state index is 13.1. The molecular formula is C25H41NO13S2. The van der Waals surface area contributed by atoms with Crippen molar-refractivity contribution in [3.63, 3.8) is 0 Å². The quantitative estimate of drug-likeness (QED) is 0.0672. The van der Waals surface area contributed by atoms with Crippen LogP contribution in [0.15, 0.2) is 25.3 Å². The fraction of sp³-hybridized carbons (Fsp3) is 0.680. The lowest BCUT2D eigenvalue weighted by Gasteiger charge is -2.32. The van der Waals surface area contributed by atoms with Crippen LogP contribution in [0.4, 0.5) is 0 Å². The molecule has 0 radical (unpaired) electrons. The van der Waals surface area contributed by atoms with Crippen LogP contribution in [0.3, 0.4) is 0 Å². The molecule has 41 heavy (non-hydrogen) atoms. The second-order valence-corrected chi connectivity index (χ2v) is 12.2. The molecule has 0 aromatic carbocycles. The number of sulfone groups is 1. The van der Waals surface area contributed by atoms with Gasteiger partial charge in [-0.3, -0.25) is 9.59 Å². The van der Waals surface area contributed by atoms with Crippen LogP contribution in [0, 0.1) is 5.41 Å². The third-order valence-corrected chi connectivity index (χ3v) is 8.23. The molecule has 16 heteroatoms. The molecule has 0 aliphatic rings. The number of hydrogen-bond acceptors (Lipinski definition) is 14. The minimum Gasteiger partial charge on any atom is -0.465 e. The Balaban J connectivity index is 6.09. The number of esters is 4. The molecule has 0 bridgehead atoms. The number of rotatable bonds is 23. The summed E-state index contributed by atoms with van der Waals surface area (Å²) in [6, 6.07) is 0. The maximum atomic E-state index is 13.1. The van der Waals surface area contributed by atoms with Crippen LogP contribution < -0.4 is 0 Å². The Labute approximate surface area is 242 Å².